The van der Waals surface area contributed by atoms with Crippen molar-refractivity contribution in [1.29, 1.82) is 0 Å². The Morgan fingerprint density at radius 3 is 2.76 bits per heavy atom. The van der Waals surface area contributed by atoms with E-state index in [1.807, 2.05) is 25.1 Å². The molecule has 3 amide bonds. The number of hydrogen-bond acceptors (Lipinski definition) is 4. The van der Waals surface area contributed by atoms with Gasteiger partial charge in [0.25, 0.3) is 5.91 Å². The molecule has 0 spiro atoms. The molecule has 33 heavy (non-hydrogen) atoms. The zero-order chi connectivity index (χ0) is 23.5. The molecule has 8 nitrogen and oxygen atoms in total. The van der Waals surface area contributed by atoms with E-state index in [0.717, 1.165) is 37.7 Å². The van der Waals surface area contributed by atoms with Crippen molar-refractivity contribution in [2.75, 3.05) is 0 Å². The Balaban J connectivity index is 1.34. The molecular weight excluding hydrogens is 418 g/mol. The van der Waals surface area contributed by atoms with Crippen molar-refractivity contribution in [2.45, 2.75) is 84.0 Å². The summed E-state index contributed by atoms with van der Waals surface area (Å²) in [6.45, 7) is 6.42. The molecule has 176 valence electrons. The summed E-state index contributed by atoms with van der Waals surface area (Å²) in [5.74, 6) is -0.374. The molecule has 1 aromatic heterocycles. The quantitative estimate of drug-likeness (QED) is 0.728. The van der Waals surface area contributed by atoms with Gasteiger partial charge in [-0.1, -0.05) is 31.9 Å². The van der Waals surface area contributed by atoms with Crippen LogP contribution in [0.25, 0.3) is 10.9 Å². The fraction of sp³-hybridized carbons (Fsp3) is 0.600. The summed E-state index contributed by atoms with van der Waals surface area (Å²) in [6.07, 6.45) is 5.95. The minimum atomic E-state index is -0.618. The van der Waals surface area contributed by atoms with Crippen molar-refractivity contribution in [3.05, 3.63) is 29.5 Å². The third kappa shape index (κ3) is 4.11. The van der Waals surface area contributed by atoms with Crippen LogP contribution in [0.15, 0.2) is 18.2 Å². The normalized spacial score (nSPS) is 27.9. The average Bonchev–Trinajstić information content (AvgIpc) is 3.24. The Labute approximate surface area is 193 Å². The van der Waals surface area contributed by atoms with Gasteiger partial charge in [0, 0.05) is 17.5 Å². The van der Waals surface area contributed by atoms with Crippen LogP contribution >= 0.6 is 0 Å². The lowest BCUT2D eigenvalue weighted by atomic mass is 9.75. The standard InChI is InChI=1S/C25H33N5O3/c1-14-6-7-18-17(9-14)22(23(26)32)28-29(18)13-21(31)30-19-10-15(19)11-20(30)24(33)27-16-5-4-8-25(2,3)12-16/h6-7,9,15-16,19-20H,4-5,8,10-13H2,1-3H3,(H2,26,32)(H,27,33)/t15-,16-,19?,20+/m1/s1. The predicted molar refractivity (Wildman–Crippen MR) is 124 cm³/mol. The summed E-state index contributed by atoms with van der Waals surface area (Å²) in [7, 11) is 0. The van der Waals surface area contributed by atoms with Crippen LogP contribution in [-0.2, 0) is 16.1 Å². The molecule has 2 heterocycles. The van der Waals surface area contributed by atoms with E-state index in [9.17, 15) is 14.4 Å². The molecule has 0 bridgehead atoms. The zero-order valence-corrected chi connectivity index (χ0v) is 19.6. The summed E-state index contributed by atoms with van der Waals surface area (Å²) in [5, 5.41) is 8.25. The first kappa shape index (κ1) is 21.9. The zero-order valence-electron chi connectivity index (χ0n) is 19.6. The lowest BCUT2D eigenvalue weighted by Crippen LogP contribution is -2.52. The largest absolute Gasteiger partial charge is 0.364 e. The molecule has 1 unspecified atom stereocenters. The summed E-state index contributed by atoms with van der Waals surface area (Å²) in [4.78, 5) is 40.3. The first-order valence-corrected chi connectivity index (χ1v) is 12.0. The van der Waals surface area contributed by atoms with Gasteiger partial charge in [-0.3, -0.25) is 19.1 Å². The van der Waals surface area contributed by atoms with Gasteiger partial charge in [-0.2, -0.15) is 5.10 Å². The van der Waals surface area contributed by atoms with Crippen LogP contribution in [0.2, 0.25) is 0 Å². The Morgan fingerprint density at radius 1 is 1.24 bits per heavy atom. The second kappa shape index (κ2) is 7.85. The average molecular weight is 452 g/mol. The van der Waals surface area contributed by atoms with Crippen molar-refractivity contribution < 1.29 is 14.4 Å². The smallest absolute Gasteiger partial charge is 0.269 e. The van der Waals surface area contributed by atoms with Gasteiger partial charge >= 0.3 is 0 Å². The van der Waals surface area contributed by atoms with Gasteiger partial charge in [-0.05, 0) is 62.5 Å². The maximum Gasteiger partial charge on any atom is 0.269 e. The molecule has 8 heteroatoms. The summed E-state index contributed by atoms with van der Waals surface area (Å²) in [5.41, 5.74) is 7.62. The molecule has 3 fully saturated rings. The fourth-order valence-electron chi connectivity index (χ4n) is 5.97. The highest BCUT2D eigenvalue weighted by molar-refractivity contribution is 6.04. The summed E-state index contributed by atoms with van der Waals surface area (Å²) < 4.78 is 1.55. The lowest BCUT2D eigenvalue weighted by Gasteiger charge is -2.36. The second-order valence-corrected chi connectivity index (χ2v) is 11.0. The first-order chi connectivity index (χ1) is 15.6. The van der Waals surface area contributed by atoms with Crippen molar-refractivity contribution in [3.8, 4) is 0 Å². The molecule has 1 aliphatic heterocycles. The number of aryl methyl sites for hydroxylation is 1. The number of hydrogen-bond donors (Lipinski definition) is 2. The van der Waals surface area contributed by atoms with E-state index < -0.39 is 11.9 Å². The number of benzene rings is 1. The van der Waals surface area contributed by atoms with E-state index in [4.69, 9.17) is 5.73 Å². The number of piperidine rings is 1. The highest BCUT2D eigenvalue weighted by Gasteiger charge is 2.56. The number of aromatic nitrogens is 2. The number of amides is 3. The van der Waals surface area contributed by atoms with Crippen molar-refractivity contribution in [2.24, 2.45) is 17.1 Å². The van der Waals surface area contributed by atoms with E-state index in [1.54, 1.807) is 9.58 Å². The van der Waals surface area contributed by atoms with Gasteiger partial charge in [0.2, 0.25) is 11.8 Å². The number of rotatable bonds is 5. The molecule has 4 atom stereocenters. The Morgan fingerprint density at radius 2 is 2.03 bits per heavy atom. The van der Waals surface area contributed by atoms with Gasteiger partial charge < -0.3 is 16.0 Å². The third-order valence-corrected chi connectivity index (χ3v) is 7.67. The molecule has 5 rings (SSSR count). The highest BCUT2D eigenvalue weighted by atomic mass is 16.2. The van der Waals surface area contributed by atoms with Gasteiger partial charge in [-0.15, -0.1) is 0 Å². The van der Waals surface area contributed by atoms with E-state index in [0.29, 0.717) is 16.8 Å². The molecule has 2 saturated carbocycles. The number of likely N-dealkylation sites (tertiary alicyclic amines) is 1. The van der Waals surface area contributed by atoms with Crippen LogP contribution in [0.3, 0.4) is 0 Å². The van der Waals surface area contributed by atoms with Gasteiger partial charge in [-0.25, -0.2) is 0 Å². The molecule has 2 aliphatic carbocycles. The number of carbonyl (C=O) groups excluding carboxylic acids is 3. The lowest BCUT2D eigenvalue weighted by molar-refractivity contribution is -0.140. The Bertz CT molecular complexity index is 1140. The molecular formula is C25H33N5O3. The van der Waals surface area contributed by atoms with Crippen LogP contribution in [0.4, 0.5) is 0 Å². The molecule has 3 aliphatic rings. The SMILES string of the molecule is Cc1ccc2c(c1)c(C(N)=O)nn2CC(=O)N1C2C[C@@H]2C[C@H]1C(=O)N[C@@H]1CCCC(C)(C)C1. The molecule has 3 N–H and O–H groups in total. The number of primary amides is 1. The minimum absolute atomic E-state index is 0.0176. The number of nitrogens with zero attached hydrogens (tertiary/aromatic N) is 3. The topological polar surface area (TPSA) is 110 Å². The Hall–Kier alpha value is -2.90. The summed E-state index contributed by atoms with van der Waals surface area (Å²) in [6, 6.07) is 5.52. The van der Waals surface area contributed by atoms with Crippen molar-refractivity contribution >= 4 is 28.6 Å². The maximum absolute atomic E-state index is 13.4. The maximum atomic E-state index is 13.4. The monoisotopic (exact) mass is 451 g/mol. The van der Waals surface area contributed by atoms with Gasteiger partial charge in [0.05, 0.1) is 5.52 Å². The number of nitrogens with one attached hydrogen (secondary N) is 1. The number of carbonyl (C=O) groups is 3. The molecule has 2 aromatic rings. The van der Waals surface area contributed by atoms with E-state index >= 15 is 0 Å². The van der Waals surface area contributed by atoms with E-state index in [2.05, 4.69) is 24.3 Å². The van der Waals surface area contributed by atoms with Crippen LogP contribution < -0.4 is 11.1 Å². The fourth-order valence-corrected chi connectivity index (χ4v) is 5.97. The minimum Gasteiger partial charge on any atom is -0.364 e. The van der Waals surface area contributed by atoms with E-state index in [1.165, 1.54) is 6.42 Å². The third-order valence-electron chi connectivity index (χ3n) is 7.67. The predicted octanol–water partition coefficient (Wildman–Crippen LogP) is 2.52. The highest BCUT2D eigenvalue weighted by Crippen LogP contribution is 2.48. The van der Waals surface area contributed by atoms with Crippen molar-refractivity contribution in [3.63, 3.8) is 0 Å². The van der Waals surface area contributed by atoms with Crippen LogP contribution in [0.1, 0.15) is 68.4 Å². The van der Waals surface area contributed by atoms with E-state index in [-0.39, 0.29) is 41.6 Å². The molecule has 0 radical (unpaired) electrons. The second-order valence-electron chi connectivity index (χ2n) is 11.0. The Kier molecular flexibility index (Phi) is 5.21. The van der Waals surface area contributed by atoms with Gasteiger partial charge in [0.1, 0.15) is 12.6 Å². The van der Waals surface area contributed by atoms with Gasteiger partial charge in [0.15, 0.2) is 5.69 Å². The number of fused-ring (bicyclic) bond motifs is 2. The summed E-state index contributed by atoms with van der Waals surface area (Å²) >= 11 is 0. The van der Waals surface area contributed by atoms with Crippen LogP contribution in [-0.4, -0.2) is 50.5 Å². The molecule has 1 aromatic carbocycles. The first-order valence-electron chi connectivity index (χ1n) is 12.0. The number of nitrogens with two attached hydrogens (primary N) is 1. The van der Waals surface area contributed by atoms with Crippen molar-refractivity contribution in [1.82, 2.24) is 20.0 Å². The van der Waals surface area contributed by atoms with Crippen LogP contribution in [0.5, 0.6) is 0 Å². The van der Waals surface area contributed by atoms with Crippen LogP contribution in [0, 0.1) is 18.3 Å². The molecule has 1 saturated heterocycles.